The SMILES string of the molecule is COC(=O)c1ccccc1C(=O)NCC(C)C. The molecule has 0 unspecified atom stereocenters. The molecular formula is C13H17NO3. The number of carbonyl (C=O) groups is 2. The predicted octanol–water partition coefficient (Wildman–Crippen LogP) is 1.86. The second-order valence-electron chi connectivity index (χ2n) is 4.14. The van der Waals surface area contributed by atoms with Gasteiger partial charge in [-0.3, -0.25) is 4.79 Å². The maximum atomic E-state index is 11.9. The molecular weight excluding hydrogens is 218 g/mol. The van der Waals surface area contributed by atoms with Crippen molar-refractivity contribution in [2.45, 2.75) is 13.8 Å². The van der Waals surface area contributed by atoms with Crippen molar-refractivity contribution in [3.63, 3.8) is 0 Å². The highest BCUT2D eigenvalue weighted by atomic mass is 16.5. The summed E-state index contributed by atoms with van der Waals surface area (Å²) in [5, 5.41) is 2.77. The summed E-state index contributed by atoms with van der Waals surface area (Å²) in [6, 6.07) is 6.61. The standard InChI is InChI=1S/C13H17NO3/c1-9(2)8-14-12(15)10-6-4-5-7-11(10)13(16)17-3/h4-7,9H,8H2,1-3H3,(H,14,15). The Morgan fingerprint density at radius 1 is 1.24 bits per heavy atom. The summed E-state index contributed by atoms with van der Waals surface area (Å²) in [6.07, 6.45) is 0. The van der Waals surface area contributed by atoms with E-state index >= 15 is 0 Å². The van der Waals surface area contributed by atoms with Crippen LogP contribution in [0.4, 0.5) is 0 Å². The minimum atomic E-state index is -0.500. The van der Waals surface area contributed by atoms with Crippen molar-refractivity contribution < 1.29 is 14.3 Å². The molecule has 92 valence electrons. The maximum Gasteiger partial charge on any atom is 0.338 e. The second-order valence-corrected chi connectivity index (χ2v) is 4.14. The molecule has 0 aliphatic heterocycles. The first-order chi connectivity index (χ1) is 8.06. The smallest absolute Gasteiger partial charge is 0.338 e. The first kappa shape index (κ1) is 13.2. The van der Waals surface area contributed by atoms with Gasteiger partial charge in [0.05, 0.1) is 18.2 Å². The lowest BCUT2D eigenvalue weighted by Gasteiger charge is -2.10. The zero-order valence-corrected chi connectivity index (χ0v) is 10.3. The summed E-state index contributed by atoms with van der Waals surface area (Å²) in [5.74, 6) is -0.385. The maximum absolute atomic E-state index is 11.9. The molecule has 4 heteroatoms. The lowest BCUT2D eigenvalue weighted by Crippen LogP contribution is -2.28. The van der Waals surface area contributed by atoms with Crippen LogP contribution in [0, 0.1) is 5.92 Å². The van der Waals surface area contributed by atoms with Crippen molar-refractivity contribution in [3.8, 4) is 0 Å². The van der Waals surface area contributed by atoms with Gasteiger partial charge in [0.15, 0.2) is 0 Å². The van der Waals surface area contributed by atoms with E-state index < -0.39 is 5.97 Å². The Morgan fingerprint density at radius 3 is 2.35 bits per heavy atom. The summed E-state index contributed by atoms with van der Waals surface area (Å²) in [7, 11) is 1.30. The Balaban J connectivity index is 2.89. The first-order valence-electron chi connectivity index (χ1n) is 5.51. The number of hydrogen-bond donors (Lipinski definition) is 1. The van der Waals surface area contributed by atoms with Crippen LogP contribution in [0.1, 0.15) is 34.6 Å². The number of esters is 1. The number of carbonyl (C=O) groups excluding carboxylic acids is 2. The summed E-state index contributed by atoms with van der Waals surface area (Å²) in [6.45, 7) is 4.59. The topological polar surface area (TPSA) is 55.4 Å². The normalized spacial score (nSPS) is 10.1. The molecule has 0 heterocycles. The van der Waals surface area contributed by atoms with Crippen LogP contribution in [-0.4, -0.2) is 25.5 Å². The quantitative estimate of drug-likeness (QED) is 0.810. The summed E-state index contributed by atoms with van der Waals surface area (Å²) < 4.78 is 4.63. The van der Waals surface area contributed by atoms with E-state index in [9.17, 15) is 9.59 Å². The van der Waals surface area contributed by atoms with Crippen LogP contribution in [0.2, 0.25) is 0 Å². The number of methoxy groups -OCH3 is 1. The van der Waals surface area contributed by atoms with Crippen LogP contribution in [0.15, 0.2) is 24.3 Å². The average molecular weight is 235 g/mol. The Kier molecular flexibility index (Phi) is 4.69. The fourth-order valence-electron chi connectivity index (χ4n) is 1.36. The molecule has 0 bridgehead atoms. The molecule has 1 aromatic rings. The molecule has 1 amide bonds. The van der Waals surface area contributed by atoms with Crippen LogP contribution < -0.4 is 5.32 Å². The van der Waals surface area contributed by atoms with Crippen LogP contribution in [-0.2, 0) is 4.74 Å². The first-order valence-corrected chi connectivity index (χ1v) is 5.51. The number of amides is 1. The lowest BCUT2D eigenvalue weighted by atomic mass is 10.1. The largest absolute Gasteiger partial charge is 0.465 e. The van der Waals surface area contributed by atoms with Crippen LogP contribution in [0.25, 0.3) is 0 Å². The molecule has 0 spiro atoms. The number of ether oxygens (including phenoxy) is 1. The van der Waals surface area contributed by atoms with Gasteiger partial charge in [-0.25, -0.2) is 4.79 Å². The second kappa shape index (κ2) is 6.03. The Hall–Kier alpha value is -1.84. The molecule has 0 saturated heterocycles. The third-order valence-corrected chi connectivity index (χ3v) is 2.25. The Morgan fingerprint density at radius 2 is 1.82 bits per heavy atom. The van der Waals surface area contributed by atoms with E-state index in [4.69, 9.17) is 0 Å². The van der Waals surface area contributed by atoms with Gasteiger partial charge >= 0.3 is 5.97 Å². The summed E-state index contributed by atoms with van der Waals surface area (Å²) in [4.78, 5) is 23.3. The average Bonchev–Trinajstić information content (AvgIpc) is 2.34. The minimum Gasteiger partial charge on any atom is -0.465 e. The van der Waals surface area contributed by atoms with Gasteiger partial charge in [0.1, 0.15) is 0 Å². The van der Waals surface area contributed by atoms with Gasteiger partial charge in [-0.1, -0.05) is 26.0 Å². The fraction of sp³-hybridized carbons (Fsp3) is 0.385. The van der Waals surface area contributed by atoms with Crippen molar-refractivity contribution >= 4 is 11.9 Å². The van der Waals surface area contributed by atoms with Gasteiger partial charge in [0.25, 0.3) is 5.91 Å². The Labute approximate surface area is 101 Å². The molecule has 1 rings (SSSR count). The highest BCUT2D eigenvalue weighted by Gasteiger charge is 2.16. The minimum absolute atomic E-state index is 0.250. The monoisotopic (exact) mass is 235 g/mol. The zero-order chi connectivity index (χ0) is 12.8. The van der Waals surface area contributed by atoms with Crippen molar-refractivity contribution in [2.24, 2.45) is 5.92 Å². The molecule has 1 aromatic carbocycles. The van der Waals surface area contributed by atoms with Crippen LogP contribution in [0.5, 0.6) is 0 Å². The third kappa shape index (κ3) is 3.59. The molecule has 4 nitrogen and oxygen atoms in total. The van der Waals surface area contributed by atoms with Gasteiger partial charge in [-0.15, -0.1) is 0 Å². The molecule has 0 radical (unpaired) electrons. The van der Waals surface area contributed by atoms with E-state index in [0.717, 1.165) is 0 Å². The Bertz CT molecular complexity index is 413. The van der Waals surface area contributed by atoms with Gasteiger partial charge in [0.2, 0.25) is 0 Å². The van der Waals surface area contributed by atoms with Crippen LogP contribution in [0.3, 0.4) is 0 Å². The van der Waals surface area contributed by atoms with Crippen LogP contribution >= 0.6 is 0 Å². The summed E-state index contributed by atoms with van der Waals surface area (Å²) >= 11 is 0. The van der Waals surface area contributed by atoms with E-state index in [1.807, 2.05) is 13.8 Å². The van der Waals surface area contributed by atoms with Gasteiger partial charge < -0.3 is 10.1 Å². The van der Waals surface area contributed by atoms with Crippen molar-refractivity contribution in [1.82, 2.24) is 5.32 Å². The van der Waals surface area contributed by atoms with Gasteiger partial charge in [-0.05, 0) is 18.1 Å². The van der Waals surface area contributed by atoms with E-state index in [1.54, 1.807) is 24.3 Å². The molecule has 1 N–H and O–H groups in total. The number of nitrogens with one attached hydrogen (secondary N) is 1. The molecule has 0 aliphatic rings. The molecule has 0 fully saturated rings. The fourth-order valence-corrected chi connectivity index (χ4v) is 1.36. The van der Waals surface area contributed by atoms with Gasteiger partial charge in [0, 0.05) is 6.54 Å². The van der Waals surface area contributed by atoms with Crippen molar-refractivity contribution in [2.75, 3.05) is 13.7 Å². The third-order valence-electron chi connectivity index (χ3n) is 2.25. The van der Waals surface area contributed by atoms with E-state index in [1.165, 1.54) is 7.11 Å². The van der Waals surface area contributed by atoms with E-state index in [0.29, 0.717) is 18.0 Å². The molecule has 0 aliphatic carbocycles. The zero-order valence-electron chi connectivity index (χ0n) is 10.3. The number of hydrogen-bond acceptors (Lipinski definition) is 3. The lowest BCUT2D eigenvalue weighted by molar-refractivity contribution is 0.0596. The molecule has 0 saturated carbocycles. The summed E-state index contributed by atoms with van der Waals surface area (Å²) in [5.41, 5.74) is 0.635. The number of benzene rings is 1. The highest BCUT2D eigenvalue weighted by Crippen LogP contribution is 2.10. The van der Waals surface area contributed by atoms with Crippen molar-refractivity contribution in [1.29, 1.82) is 0 Å². The molecule has 0 atom stereocenters. The molecule has 0 aromatic heterocycles. The predicted molar refractivity (Wildman–Crippen MR) is 65.0 cm³/mol. The number of rotatable bonds is 4. The van der Waals surface area contributed by atoms with Gasteiger partial charge in [-0.2, -0.15) is 0 Å². The van der Waals surface area contributed by atoms with E-state index in [-0.39, 0.29) is 11.5 Å². The highest BCUT2D eigenvalue weighted by molar-refractivity contribution is 6.05. The molecule has 17 heavy (non-hydrogen) atoms. The van der Waals surface area contributed by atoms with E-state index in [2.05, 4.69) is 10.1 Å². The van der Waals surface area contributed by atoms with Crippen molar-refractivity contribution in [3.05, 3.63) is 35.4 Å².